The summed E-state index contributed by atoms with van der Waals surface area (Å²) in [5, 5.41) is 5.42. The number of fused-ring (bicyclic) bond motifs is 1. The van der Waals surface area contributed by atoms with Gasteiger partial charge in [-0.3, -0.25) is 9.59 Å². The summed E-state index contributed by atoms with van der Waals surface area (Å²) >= 11 is 0. The zero-order valence-corrected chi connectivity index (χ0v) is 30.9. The number of benzene rings is 6. The zero-order chi connectivity index (χ0) is 39.4. The Balaban J connectivity index is 1.22. The molecule has 0 spiro atoms. The Bertz CT molecular complexity index is 2510. The number of anilines is 2. The number of urea groups is 1. The predicted octanol–water partition coefficient (Wildman–Crippen LogP) is 8.60. The second kappa shape index (κ2) is 15.7. The number of aliphatic imine (C=N–C) groups is 1. The molecule has 6 aromatic carbocycles. The molecule has 0 fully saturated rings. The van der Waals surface area contributed by atoms with Crippen LogP contribution in [-0.4, -0.2) is 39.2 Å². The normalized spacial score (nSPS) is 13.9. The molecule has 0 saturated carbocycles. The minimum atomic E-state index is -1.47. The van der Waals surface area contributed by atoms with Gasteiger partial charge >= 0.3 is 6.03 Å². The molecule has 2 heterocycles. The highest BCUT2D eigenvalue weighted by atomic mass is 19.1. The van der Waals surface area contributed by atoms with Crippen LogP contribution in [0.5, 0.6) is 0 Å². The van der Waals surface area contributed by atoms with Crippen LogP contribution >= 0.6 is 0 Å². The molecule has 8 rings (SSSR count). The Morgan fingerprint density at radius 2 is 1.30 bits per heavy atom. The van der Waals surface area contributed by atoms with E-state index < -0.39 is 29.5 Å². The van der Waals surface area contributed by atoms with E-state index in [0.717, 1.165) is 16.7 Å². The van der Waals surface area contributed by atoms with Gasteiger partial charge in [-0.2, -0.15) is 0 Å². The van der Waals surface area contributed by atoms with Gasteiger partial charge in [0.05, 0.1) is 30.0 Å². The van der Waals surface area contributed by atoms with Crippen LogP contribution in [0.3, 0.4) is 0 Å². The number of nitrogens with zero attached hydrogens (tertiary/aromatic N) is 4. The second-order valence-electron chi connectivity index (χ2n) is 13.6. The minimum Gasteiger partial charge on any atom is -0.319 e. The maximum Gasteiger partial charge on any atom is 0.321 e. The quantitative estimate of drug-likeness (QED) is 0.108. The molecule has 9 nitrogen and oxygen atoms in total. The molecular weight excluding hydrogens is 716 g/mol. The first-order chi connectivity index (χ1) is 27.8. The summed E-state index contributed by atoms with van der Waals surface area (Å²) in [6.07, 6.45) is 2.24. The number of hydrogen-bond acceptors (Lipinski definition) is 5. The monoisotopic (exact) mass is 752 g/mol. The number of imidazole rings is 1. The number of para-hydroxylation sites is 1. The molecule has 1 aromatic heterocycles. The number of benzodiazepines with no additional fused rings is 1. The average Bonchev–Trinajstić information content (AvgIpc) is 3.68. The van der Waals surface area contributed by atoms with Crippen LogP contribution in [0, 0.1) is 5.82 Å². The lowest BCUT2D eigenvalue weighted by molar-refractivity contribution is -0.120. The third-order valence-electron chi connectivity index (χ3n) is 10.1. The van der Waals surface area contributed by atoms with Gasteiger partial charge in [0, 0.05) is 28.6 Å². The van der Waals surface area contributed by atoms with Crippen molar-refractivity contribution in [2.75, 3.05) is 10.2 Å². The van der Waals surface area contributed by atoms with Crippen LogP contribution in [0.1, 0.15) is 50.8 Å². The van der Waals surface area contributed by atoms with Crippen molar-refractivity contribution in [2.24, 2.45) is 4.99 Å². The summed E-state index contributed by atoms with van der Waals surface area (Å²) < 4.78 is 17.6. The topological polar surface area (TPSA) is 109 Å². The maximum atomic E-state index is 15.5. The number of amides is 3. The van der Waals surface area contributed by atoms with Crippen molar-refractivity contribution >= 4 is 34.8 Å². The molecular formula is C47H37FN6O3. The summed E-state index contributed by atoms with van der Waals surface area (Å²) in [6.45, 7) is 1.43. The summed E-state index contributed by atoms with van der Waals surface area (Å²) in [6, 6.07) is 49.6. The molecule has 3 amide bonds. The maximum absolute atomic E-state index is 15.5. The van der Waals surface area contributed by atoms with Gasteiger partial charge in [0.15, 0.2) is 5.78 Å². The SMILES string of the molecule is CC(=O)c1cccc(NC(=O)N[C@@H]2N=C(c3ccccc3F)c3ccccc3N(Cc3cn(C(c4ccccc4)(c4ccccc4)c4ccccc4)cn3)C2=O)c1. The van der Waals surface area contributed by atoms with E-state index in [1.165, 1.54) is 17.9 Å². The first kappa shape index (κ1) is 36.5. The van der Waals surface area contributed by atoms with Gasteiger partial charge in [-0.25, -0.2) is 19.2 Å². The van der Waals surface area contributed by atoms with Gasteiger partial charge in [0.25, 0.3) is 5.91 Å². The van der Waals surface area contributed by atoms with Crippen molar-refractivity contribution in [1.82, 2.24) is 14.9 Å². The number of carbonyl (C=O) groups excluding carboxylic acids is 3. The molecule has 7 aromatic rings. The highest BCUT2D eigenvalue weighted by Gasteiger charge is 2.39. The number of nitrogens with one attached hydrogen (secondary N) is 2. The summed E-state index contributed by atoms with van der Waals surface area (Å²) in [7, 11) is 0. The van der Waals surface area contributed by atoms with Crippen molar-refractivity contribution in [3.8, 4) is 0 Å². The average molecular weight is 753 g/mol. The van der Waals surface area contributed by atoms with E-state index in [-0.39, 0.29) is 23.6 Å². The minimum absolute atomic E-state index is 0.00216. The summed E-state index contributed by atoms with van der Waals surface area (Å²) in [5.41, 5.74) is 4.86. The molecule has 10 heteroatoms. The van der Waals surface area contributed by atoms with Gasteiger partial charge in [0.2, 0.25) is 6.17 Å². The van der Waals surface area contributed by atoms with Crippen LogP contribution < -0.4 is 15.5 Å². The first-order valence-electron chi connectivity index (χ1n) is 18.4. The Kier molecular flexibility index (Phi) is 10.1. The predicted molar refractivity (Wildman–Crippen MR) is 219 cm³/mol. The van der Waals surface area contributed by atoms with Crippen molar-refractivity contribution in [3.63, 3.8) is 0 Å². The highest BCUT2D eigenvalue weighted by Crippen LogP contribution is 2.41. The molecule has 57 heavy (non-hydrogen) atoms. The van der Waals surface area contributed by atoms with E-state index >= 15 is 4.39 Å². The van der Waals surface area contributed by atoms with Gasteiger partial charge in [-0.1, -0.05) is 133 Å². The number of hydrogen-bond donors (Lipinski definition) is 2. The van der Waals surface area contributed by atoms with E-state index in [0.29, 0.717) is 28.2 Å². The molecule has 0 radical (unpaired) electrons. The third kappa shape index (κ3) is 7.12. The van der Waals surface area contributed by atoms with Gasteiger partial charge in [-0.05, 0) is 53.9 Å². The largest absolute Gasteiger partial charge is 0.321 e. The Labute approximate surface area is 329 Å². The Morgan fingerprint density at radius 1 is 0.719 bits per heavy atom. The first-order valence-corrected chi connectivity index (χ1v) is 18.4. The lowest BCUT2D eigenvalue weighted by Gasteiger charge is -2.37. The fourth-order valence-electron chi connectivity index (χ4n) is 7.44. The Morgan fingerprint density at radius 3 is 1.91 bits per heavy atom. The fourth-order valence-corrected chi connectivity index (χ4v) is 7.44. The number of aromatic nitrogens is 2. The van der Waals surface area contributed by atoms with Gasteiger partial charge in [0.1, 0.15) is 11.4 Å². The van der Waals surface area contributed by atoms with Crippen LogP contribution in [-0.2, 0) is 16.9 Å². The zero-order valence-electron chi connectivity index (χ0n) is 30.9. The van der Waals surface area contributed by atoms with E-state index in [1.54, 1.807) is 73.1 Å². The van der Waals surface area contributed by atoms with Crippen molar-refractivity contribution in [2.45, 2.75) is 25.2 Å². The molecule has 0 aliphatic carbocycles. The van der Waals surface area contributed by atoms with E-state index in [2.05, 4.69) is 51.6 Å². The van der Waals surface area contributed by atoms with Gasteiger partial charge in [-0.15, -0.1) is 0 Å². The van der Waals surface area contributed by atoms with Crippen molar-refractivity contribution in [1.29, 1.82) is 0 Å². The molecule has 0 unspecified atom stereocenters. The third-order valence-corrected chi connectivity index (χ3v) is 10.1. The van der Waals surface area contributed by atoms with E-state index in [9.17, 15) is 14.4 Å². The molecule has 1 aliphatic rings. The smallest absolute Gasteiger partial charge is 0.319 e. The number of carbonyl (C=O) groups is 3. The second-order valence-corrected chi connectivity index (χ2v) is 13.6. The van der Waals surface area contributed by atoms with E-state index in [1.807, 2.05) is 60.8 Å². The molecule has 1 atom stereocenters. The summed E-state index contributed by atoms with van der Waals surface area (Å²) in [4.78, 5) is 51.5. The molecule has 0 saturated heterocycles. The molecule has 2 N–H and O–H groups in total. The number of rotatable bonds is 10. The van der Waals surface area contributed by atoms with Crippen LogP contribution in [0.4, 0.5) is 20.6 Å². The van der Waals surface area contributed by atoms with Crippen LogP contribution in [0.2, 0.25) is 0 Å². The molecule has 1 aliphatic heterocycles. The molecule has 280 valence electrons. The Hall–Kier alpha value is -7.46. The lowest BCUT2D eigenvalue weighted by Crippen LogP contribution is -2.48. The van der Waals surface area contributed by atoms with Crippen molar-refractivity contribution < 1.29 is 18.8 Å². The number of halogens is 1. The number of Topliss-reactive ketones (excluding diaryl/α,β-unsaturated/α-hetero) is 1. The summed E-state index contributed by atoms with van der Waals surface area (Å²) in [5.74, 6) is -1.26. The number of ketones is 1. The van der Waals surface area contributed by atoms with Crippen LogP contribution in [0.15, 0.2) is 181 Å². The standard InChI is InChI=1S/C47H37FN6O3/c1-32(55)33-16-15-23-37(28-33)50-46(57)52-44-45(56)54(42-27-14-12-25-40(42)43(51-44)39-24-11-13-26-41(39)48)30-38-29-53(31-49-38)47(34-17-5-2-6-18-34,35-19-7-3-8-20-35)36-21-9-4-10-22-36/h2-29,31,44H,30H2,1H3,(H2,50,52,57)/t44-/m0/s1. The molecule has 0 bridgehead atoms. The fraction of sp³-hybridized carbons (Fsp3) is 0.0851. The highest BCUT2D eigenvalue weighted by molar-refractivity contribution is 6.20. The van der Waals surface area contributed by atoms with Crippen LogP contribution in [0.25, 0.3) is 0 Å². The van der Waals surface area contributed by atoms with E-state index in [4.69, 9.17) is 9.98 Å². The van der Waals surface area contributed by atoms with Crippen molar-refractivity contribution in [3.05, 3.63) is 221 Å². The van der Waals surface area contributed by atoms with Gasteiger partial charge < -0.3 is 20.1 Å². The lowest BCUT2D eigenvalue weighted by atomic mass is 9.77.